The lowest BCUT2D eigenvalue weighted by Gasteiger charge is -2.36. The molecule has 2 aromatic heterocycles. The summed E-state index contributed by atoms with van der Waals surface area (Å²) in [5.74, 6) is 1.19. The molecule has 1 aromatic carbocycles. The molecule has 0 spiro atoms. The van der Waals surface area contributed by atoms with Gasteiger partial charge in [0.05, 0.1) is 5.52 Å². The molecule has 8 heteroatoms. The van der Waals surface area contributed by atoms with Gasteiger partial charge in [-0.1, -0.05) is 0 Å². The van der Waals surface area contributed by atoms with Crippen molar-refractivity contribution in [3.63, 3.8) is 0 Å². The van der Waals surface area contributed by atoms with Gasteiger partial charge in [-0.15, -0.1) is 0 Å². The fraction of sp³-hybridized carbons (Fsp3) is 0.381. The predicted molar refractivity (Wildman–Crippen MR) is 111 cm³/mol. The average molecular weight is 389 g/mol. The number of amides is 1. The number of hydrogen-bond acceptors (Lipinski definition) is 7. The number of aromatic nitrogens is 4. The number of benzene rings is 1. The van der Waals surface area contributed by atoms with Gasteiger partial charge in [-0.2, -0.15) is 0 Å². The highest BCUT2D eigenvalue weighted by Gasteiger charge is 2.24. The molecule has 4 heterocycles. The van der Waals surface area contributed by atoms with Crippen molar-refractivity contribution in [2.45, 2.75) is 12.8 Å². The highest BCUT2D eigenvalue weighted by Crippen LogP contribution is 2.30. The van der Waals surface area contributed by atoms with Gasteiger partial charge in [-0.05, 0) is 37.1 Å². The Bertz CT molecular complexity index is 1010. The summed E-state index contributed by atoms with van der Waals surface area (Å²) in [4.78, 5) is 36.2. The van der Waals surface area contributed by atoms with Crippen LogP contribution in [0, 0.1) is 0 Å². The van der Waals surface area contributed by atoms with E-state index < -0.39 is 0 Å². The van der Waals surface area contributed by atoms with Crippen LogP contribution < -0.4 is 9.80 Å². The van der Waals surface area contributed by atoms with E-state index in [4.69, 9.17) is 0 Å². The number of carbonyl (C=O) groups is 1. The molecule has 1 amide bonds. The summed E-state index contributed by atoms with van der Waals surface area (Å²) in [5, 5.41) is 1.10. The molecule has 0 aliphatic carbocycles. The minimum Gasteiger partial charge on any atom is -0.368 e. The summed E-state index contributed by atoms with van der Waals surface area (Å²) >= 11 is 0. The maximum Gasteiger partial charge on any atom is 0.291 e. The fourth-order valence-electron chi connectivity index (χ4n) is 4.13. The van der Waals surface area contributed by atoms with E-state index in [0.717, 1.165) is 48.6 Å². The highest BCUT2D eigenvalue weighted by molar-refractivity contribution is 5.92. The lowest BCUT2D eigenvalue weighted by Crippen LogP contribution is -2.49. The van der Waals surface area contributed by atoms with Gasteiger partial charge in [-0.25, -0.2) is 19.9 Å². The van der Waals surface area contributed by atoms with Crippen molar-refractivity contribution in [1.82, 2.24) is 24.8 Å². The highest BCUT2D eigenvalue weighted by atomic mass is 16.2. The van der Waals surface area contributed by atoms with Gasteiger partial charge in [0.1, 0.15) is 12.1 Å². The number of rotatable bonds is 3. The molecule has 2 aliphatic rings. The van der Waals surface area contributed by atoms with Crippen LogP contribution in [0.15, 0.2) is 43.0 Å². The Hall–Kier alpha value is -3.29. The van der Waals surface area contributed by atoms with Gasteiger partial charge >= 0.3 is 0 Å². The Kier molecular flexibility index (Phi) is 4.67. The van der Waals surface area contributed by atoms with E-state index >= 15 is 0 Å². The molecule has 8 nitrogen and oxygen atoms in total. The number of piperazine rings is 1. The topological polar surface area (TPSA) is 78.4 Å². The molecule has 2 fully saturated rings. The first kappa shape index (κ1) is 17.8. The summed E-state index contributed by atoms with van der Waals surface area (Å²) in [7, 11) is 0. The second kappa shape index (κ2) is 7.62. The Morgan fingerprint density at radius 2 is 1.59 bits per heavy atom. The number of nitrogens with zero attached hydrogens (tertiary/aromatic N) is 7. The van der Waals surface area contributed by atoms with Crippen LogP contribution in [0.4, 0.5) is 11.5 Å². The lowest BCUT2D eigenvalue weighted by molar-refractivity contribution is 0.0734. The molecule has 5 rings (SSSR count). The van der Waals surface area contributed by atoms with Crippen LogP contribution >= 0.6 is 0 Å². The van der Waals surface area contributed by atoms with Gasteiger partial charge in [0.25, 0.3) is 5.91 Å². The molecule has 2 saturated heterocycles. The first-order chi connectivity index (χ1) is 14.3. The van der Waals surface area contributed by atoms with Crippen LogP contribution in [0.25, 0.3) is 10.9 Å². The molecular weight excluding hydrogens is 366 g/mol. The van der Waals surface area contributed by atoms with Gasteiger partial charge in [0.15, 0.2) is 0 Å². The van der Waals surface area contributed by atoms with Crippen LogP contribution in [0.3, 0.4) is 0 Å². The third-order valence-corrected chi connectivity index (χ3v) is 5.69. The Morgan fingerprint density at radius 1 is 0.828 bits per heavy atom. The molecule has 0 unspecified atom stereocenters. The first-order valence-electron chi connectivity index (χ1n) is 10.1. The molecule has 148 valence electrons. The first-order valence-corrected chi connectivity index (χ1v) is 10.1. The summed E-state index contributed by atoms with van der Waals surface area (Å²) in [6, 6.07) is 8.09. The lowest BCUT2D eigenvalue weighted by atomic mass is 10.1. The molecule has 2 aliphatic heterocycles. The zero-order valence-corrected chi connectivity index (χ0v) is 16.2. The summed E-state index contributed by atoms with van der Waals surface area (Å²) < 4.78 is 0. The maximum absolute atomic E-state index is 12.6. The molecule has 0 radical (unpaired) electrons. The Labute approximate surface area is 169 Å². The molecule has 29 heavy (non-hydrogen) atoms. The molecule has 0 bridgehead atoms. The molecule has 0 saturated carbocycles. The number of carbonyl (C=O) groups excluding carboxylic acids is 1. The molecule has 0 atom stereocenters. The standard InChI is InChI=1S/C21H23N7O/c29-21(19-22-6-3-7-23-19)28-12-10-26(11-13-28)16-4-5-18-17(14-16)20(25-15-24-18)27-8-1-2-9-27/h3-7,14-15H,1-2,8-13H2. The van der Waals surface area contributed by atoms with Gasteiger partial charge in [0.2, 0.25) is 5.82 Å². The minimum absolute atomic E-state index is 0.103. The number of fused-ring (bicyclic) bond motifs is 1. The van der Waals surface area contributed by atoms with Crippen molar-refractivity contribution in [2.24, 2.45) is 0 Å². The molecular formula is C21H23N7O. The zero-order valence-electron chi connectivity index (χ0n) is 16.2. The zero-order chi connectivity index (χ0) is 19.6. The van der Waals surface area contributed by atoms with E-state index in [1.165, 1.54) is 12.8 Å². The second-order valence-corrected chi connectivity index (χ2v) is 7.44. The van der Waals surface area contributed by atoms with E-state index in [2.05, 4.69) is 47.9 Å². The average Bonchev–Trinajstić information content (AvgIpc) is 3.33. The number of anilines is 2. The van der Waals surface area contributed by atoms with Crippen LogP contribution in [-0.2, 0) is 0 Å². The predicted octanol–water partition coefficient (Wildman–Crippen LogP) is 1.98. The van der Waals surface area contributed by atoms with E-state index in [1.807, 2.05) is 4.90 Å². The van der Waals surface area contributed by atoms with Crippen LogP contribution in [0.1, 0.15) is 23.5 Å². The van der Waals surface area contributed by atoms with Gasteiger partial charge < -0.3 is 14.7 Å². The number of hydrogen-bond donors (Lipinski definition) is 0. The van der Waals surface area contributed by atoms with Crippen molar-refractivity contribution in [3.8, 4) is 0 Å². The fourth-order valence-corrected chi connectivity index (χ4v) is 4.13. The second-order valence-electron chi connectivity index (χ2n) is 7.44. The van der Waals surface area contributed by atoms with E-state index in [9.17, 15) is 4.79 Å². The third-order valence-electron chi connectivity index (χ3n) is 5.69. The monoisotopic (exact) mass is 389 g/mol. The summed E-state index contributed by atoms with van der Waals surface area (Å²) in [5.41, 5.74) is 2.12. The molecule has 3 aromatic rings. The van der Waals surface area contributed by atoms with Crippen molar-refractivity contribution in [3.05, 3.63) is 48.8 Å². The third kappa shape index (κ3) is 3.46. The quantitative estimate of drug-likeness (QED) is 0.678. The Morgan fingerprint density at radius 3 is 2.34 bits per heavy atom. The van der Waals surface area contributed by atoms with E-state index in [0.29, 0.717) is 13.1 Å². The minimum atomic E-state index is -0.103. The van der Waals surface area contributed by atoms with Crippen LogP contribution in [0.2, 0.25) is 0 Å². The maximum atomic E-state index is 12.6. The molecule has 0 N–H and O–H groups in total. The largest absolute Gasteiger partial charge is 0.368 e. The van der Waals surface area contributed by atoms with Crippen LogP contribution in [-0.4, -0.2) is 70.0 Å². The van der Waals surface area contributed by atoms with Gasteiger partial charge in [-0.3, -0.25) is 4.79 Å². The van der Waals surface area contributed by atoms with Crippen LogP contribution in [0.5, 0.6) is 0 Å². The SMILES string of the molecule is O=C(c1ncccn1)N1CCN(c2ccc3ncnc(N4CCCC4)c3c2)CC1. The Balaban J connectivity index is 1.34. The summed E-state index contributed by atoms with van der Waals surface area (Å²) in [6.45, 7) is 4.96. The van der Waals surface area contributed by atoms with E-state index in [1.54, 1.807) is 24.8 Å². The van der Waals surface area contributed by atoms with Crippen molar-refractivity contribution >= 4 is 28.3 Å². The summed E-state index contributed by atoms with van der Waals surface area (Å²) in [6.07, 6.45) is 7.29. The van der Waals surface area contributed by atoms with E-state index in [-0.39, 0.29) is 11.7 Å². The normalized spacial score (nSPS) is 17.2. The smallest absolute Gasteiger partial charge is 0.291 e. The van der Waals surface area contributed by atoms with Gasteiger partial charge in [0, 0.05) is 62.7 Å². The van der Waals surface area contributed by atoms with Crippen molar-refractivity contribution < 1.29 is 4.79 Å². The van der Waals surface area contributed by atoms with Crippen molar-refractivity contribution in [1.29, 1.82) is 0 Å². The van der Waals surface area contributed by atoms with Crippen molar-refractivity contribution in [2.75, 3.05) is 49.1 Å².